The third-order valence-electron chi connectivity index (χ3n) is 5.82. The topological polar surface area (TPSA) is 84.9 Å². The number of hydrogen-bond donors (Lipinski definition) is 1. The minimum Gasteiger partial charge on any atom is -0.445 e. The number of nitrogens with zero attached hydrogens (tertiary/aromatic N) is 1. The van der Waals surface area contributed by atoms with E-state index in [2.05, 4.69) is 45.8 Å². The lowest BCUT2D eigenvalue weighted by Gasteiger charge is -2.46. The van der Waals surface area contributed by atoms with E-state index in [1.807, 2.05) is 0 Å². The highest BCUT2D eigenvalue weighted by molar-refractivity contribution is 6.48. The molecule has 9 heteroatoms. The Kier molecular flexibility index (Phi) is 8.21. The van der Waals surface area contributed by atoms with Gasteiger partial charge >= 0.3 is 6.09 Å². The maximum Gasteiger partial charge on any atom is 0.410 e. The summed E-state index contributed by atoms with van der Waals surface area (Å²) in [6.45, 7) is 14.1. The van der Waals surface area contributed by atoms with Crippen molar-refractivity contribution in [2.45, 2.75) is 65.0 Å². The van der Waals surface area contributed by atoms with Crippen molar-refractivity contribution in [3.8, 4) is 0 Å². The van der Waals surface area contributed by atoms with Crippen LogP contribution in [0.1, 0.15) is 33.6 Å². The van der Waals surface area contributed by atoms with Gasteiger partial charge in [-0.1, -0.05) is 33.4 Å². The Morgan fingerprint density at radius 2 is 2.07 bits per heavy atom. The SMILES string of the molecule is C=CCOC(=O)N1CC(F)C[C@H]1C(=O)C[C@H]1NC(=O)[C@H]1[C@@H](CO[SiH](C)C)C(C)(C)C. The average molecular weight is 443 g/mol. The highest BCUT2D eigenvalue weighted by Gasteiger charge is 2.50. The Bertz CT molecular complexity index is 666. The van der Waals surface area contributed by atoms with E-state index in [1.165, 1.54) is 6.08 Å². The standard InChI is InChI=1S/C21H35FN2O5Si/c1-7-8-28-20(27)24-11-13(22)9-16(24)17(25)10-15-18(19(26)23-15)14(21(2,3)4)12-29-30(5)6/h7,13-16,18,30H,1,8-12H2,2-6H3,(H,23,26)/t13?,14-,15-,16+,18+/m1/s1. The van der Waals surface area contributed by atoms with Crippen molar-refractivity contribution < 1.29 is 27.9 Å². The molecule has 2 saturated heterocycles. The zero-order valence-electron chi connectivity index (χ0n) is 18.7. The molecule has 5 atom stereocenters. The first-order chi connectivity index (χ1) is 14.0. The zero-order valence-corrected chi connectivity index (χ0v) is 19.8. The van der Waals surface area contributed by atoms with Gasteiger partial charge in [-0.15, -0.1) is 0 Å². The van der Waals surface area contributed by atoms with Gasteiger partial charge in [0.25, 0.3) is 0 Å². The third-order valence-corrected chi connectivity index (χ3v) is 6.68. The Balaban J connectivity index is 2.08. The fourth-order valence-corrected chi connectivity index (χ4v) is 4.73. The van der Waals surface area contributed by atoms with Gasteiger partial charge in [-0.05, 0) is 24.4 Å². The van der Waals surface area contributed by atoms with Crippen LogP contribution in [0.5, 0.6) is 0 Å². The number of carbonyl (C=O) groups is 3. The molecule has 2 rings (SSSR count). The molecule has 0 saturated carbocycles. The molecule has 7 nitrogen and oxygen atoms in total. The van der Waals surface area contributed by atoms with Crippen LogP contribution in [0.3, 0.4) is 0 Å². The molecule has 0 aromatic rings. The van der Waals surface area contributed by atoms with Crippen LogP contribution in [0.2, 0.25) is 13.1 Å². The van der Waals surface area contributed by atoms with E-state index < -0.39 is 27.3 Å². The normalized spacial score (nSPS) is 27.4. The van der Waals surface area contributed by atoms with Crippen LogP contribution in [-0.2, 0) is 18.8 Å². The molecule has 2 heterocycles. The maximum atomic E-state index is 14.0. The second kappa shape index (κ2) is 10.0. The largest absolute Gasteiger partial charge is 0.445 e. The summed E-state index contributed by atoms with van der Waals surface area (Å²) in [6, 6.07) is -1.21. The van der Waals surface area contributed by atoms with Crippen molar-refractivity contribution >= 4 is 26.8 Å². The molecule has 30 heavy (non-hydrogen) atoms. The summed E-state index contributed by atoms with van der Waals surface area (Å²) in [5, 5.41) is 2.83. The van der Waals surface area contributed by atoms with Crippen molar-refractivity contribution in [2.24, 2.45) is 17.3 Å². The minimum absolute atomic E-state index is 0.000377. The van der Waals surface area contributed by atoms with Gasteiger partial charge in [0.2, 0.25) is 5.91 Å². The van der Waals surface area contributed by atoms with Gasteiger partial charge in [0, 0.05) is 25.5 Å². The molecule has 0 spiro atoms. The number of alkyl halides is 1. The quantitative estimate of drug-likeness (QED) is 0.337. The second-order valence-electron chi connectivity index (χ2n) is 9.53. The number of β-lactam (4-membered cyclic amide) rings is 1. The van der Waals surface area contributed by atoms with E-state index in [0.717, 1.165) is 4.90 Å². The lowest BCUT2D eigenvalue weighted by Crippen LogP contribution is -2.64. The Hall–Kier alpha value is -1.74. The van der Waals surface area contributed by atoms with E-state index in [4.69, 9.17) is 9.16 Å². The Morgan fingerprint density at radius 1 is 1.40 bits per heavy atom. The van der Waals surface area contributed by atoms with Crippen molar-refractivity contribution in [3.63, 3.8) is 0 Å². The smallest absolute Gasteiger partial charge is 0.410 e. The predicted octanol–water partition coefficient (Wildman–Crippen LogP) is 2.46. The number of amides is 2. The molecule has 0 radical (unpaired) electrons. The first kappa shape index (κ1) is 24.5. The zero-order chi connectivity index (χ0) is 22.6. The molecule has 1 unspecified atom stereocenters. The molecule has 1 N–H and O–H groups in total. The van der Waals surface area contributed by atoms with Crippen molar-refractivity contribution in [1.29, 1.82) is 0 Å². The van der Waals surface area contributed by atoms with E-state index >= 15 is 0 Å². The average Bonchev–Trinajstić information content (AvgIpc) is 3.03. The first-order valence-electron chi connectivity index (χ1n) is 10.6. The number of halogens is 1. The predicted molar refractivity (Wildman–Crippen MR) is 114 cm³/mol. The van der Waals surface area contributed by atoms with Crippen molar-refractivity contribution in [1.82, 2.24) is 10.2 Å². The van der Waals surface area contributed by atoms with Crippen LogP contribution in [0, 0.1) is 17.3 Å². The molecule has 0 aromatic heterocycles. The number of likely N-dealkylation sites (tertiary alicyclic amines) is 1. The maximum absolute atomic E-state index is 14.0. The summed E-state index contributed by atoms with van der Waals surface area (Å²) in [6.07, 6.45) is -0.553. The Labute approximate surface area is 180 Å². The molecular formula is C21H35FN2O5Si. The Morgan fingerprint density at radius 3 is 2.60 bits per heavy atom. The van der Waals surface area contributed by atoms with Crippen LogP contribution < -0.4 is 5.32 Å². The lowest BCUT2D eigenvalue weighted by molar-refractivity contribution is -0.144. The number of rotatable bonds is 9. The van der Waals surface area contributed by atoms with Crippen LogP contribution >= 0.6 is 0 Å². The monoisotopic (exact) mass is 442 g/mol. The lowest BCUT2D eigenvalue weighted by atomic mass is 9.66. The van der Waals surface area contributed by atoms with Gasteiger partial charge < -0.3 is 14.5 Å². The molecular weight excluding hydrogens is 407 g/mol. The van der Waals surface area contributed by atoms with Crippen LogP contribution in [-0.4, -0.2) is 69.7 Å². The van der Waals surface area contributed by atoms with E-state index in [0.29, 0.717) is 6.61 Å². The number of nitrogens with one attached hydrogen (secondary N) is 1. The number of ketones is 1. The van der Waals surface area contributed by atoms with E-state index in [1.54, 1.807) is 0 Å². The van der Waals surface area contributed by atoms with Gasteiger partial charge in [0.05, 0.1) is 18.5 Å². The van der Waals surface area contributed by atoms with E-state index in [-0.39, 0.29) is 61.0 Å². The first-order valence-corrected chi connectivity index (χ1v) is 13.4. The molecule has 2 aliphatic heterocycles. The molecule has 0 aromatic carbocycles. The minimum atomic E-state index is -1.27. The summed E-state index contributed by atoms with van der Waals surface area (Å²) in [5.74, 6) is -0.721. The molecule has 0 bridgehead atoms. The molecule has 2 aliphatic rings. The van der Waals surface area contributed by atoms with Gasteiger partial charge in [-0.3, -0.25) is 14.5 Å². The second-order valence-corrected chi connectivity index (χ2v) is 12.0. The molecule has 0 aliphatic carbocycles. The third kappa shape index (κ3) is 5.91. The highest BCUT2D eigenvalue weighted by atomic mass is 28.3. The summed E-state index contributed by atoms with van der Waals surface area (Å²) in [4.78, 5) is 38.7. The van der Waals surface area contributed by atoms with Gasteiger partial charge in [-0.2, -0.15) is 0 Å². The summed E-state index contributed by atoms with van der Waals surface area (Å²) >= 11 is 0. The van der Waals surface area contributed by atoms with Gasteiger partial charge in [0.1, 0.15) is 12.8 Å². The van der Waals surface area contributed by atoms with Gasteiger partial charge in [-0.25, -0.2) is 9.18 Å². The molecule has 2 amide bonds. The molecule has 170 valence electrons. The summed E-state index contributed by atoms with van der Waals surface area (Å²) < 4.78 is 24.9. The van der Waals surface area contributed by atoms with Crippen LogP contribution in [0.15, 0.2) is 12.7 Å². The fraction of sp³-hybridized carbons (Fsp3) is 0.762. The van der Waals surface area contributed by atoms with Crippen LogP contribution in [0.4, 0.5) is 9.18 Å². The summed E-state index contributed by atoms with van der Waals surface area (Å²) in [5.41, 5.74) is -0.176. The molecule has 2 fully saturated rings. The number of carbonyl (C=O) groups excluding carboxylic acids is 3. The van der Waals surface area contributed by atoms with Crippen molar-refractivity contribution in [2.75, 3.05) is 19.8 Å². The fourth-order valence-electron chi connectivity index (χ4n) is 4.14. The number of hydrogen-bond acceptors (Lipinski definition) is 5. The number of Topliss-reactive ketones (excluding diaryl/α,β-unsaturated/α-hetero) is 1. The summed E-state index contributed by atoms with van der Waals surface area (Å²) in [7, 11) is -1.26. The number of ether oxygens (including phenoxy) is 1. The highest BCUT2D eigenvalue weighted by Crippen LogP contribution is 2.39. The van der Waals surface area contributed by atoms with E-state index in [9.17, 15) is 18.8 Å². The van der Waals surface area contributed by atoms with Crippen LogP contribution in [0.25, 0.3) is 0 Å². The van der Waals surface area contributed by atoms with Gasteiger partial charge in [0.15, 0.2) is 14.8 Å². The van der Waals surface area contributed by atoms with Crippen molar-refractivity contribution in [3.05, 3.63) is 12.7 Å².